The summed E-state index contributed by atoms with van der Waals surface area (Å²) in [6, 6.07) is 9.14. The molecule has 0 aliphatic carbocycles. The molecule has 0 aliphatic heterocycles. The van der Waals surface area contributed by atoms with Gasteiger partial charge in [-0.25, -0.2) is 9.78 Å². The highest BCUT2D eigenvalue weighted by atomic mass is 32.1. The first-order chi connectivity index (χ1) is 9.11. The Labute approximate surface area is 115 Å². The van der Waals surface area contributed by atoms with Gasteiger partial charge in [-0.05, 0) is 19.9 Å². The number of rotatable bonds is 3. The van der Waals surface area contributed by atoms with Crippen LogP contribution in [0.2, 0.25) is 0 Å². The molecule has 0 saturated heterocycles. The van der Waals surface area contributed by atoms with Gasteiger partial charge in [0.25, 0.3) is 0 Å². The maximum atomic E-state index is 11.9. The standard InChI is InChI=1S/C14H12N2O2S/c1-9-13(19-10(2)16-9)14(17)18-8-12-6-4-3-5-11(12)7-15/h3-6H,8H2,1-2H3. The van der Waals surface area contributed by atoms with E-state index in [-0.39, 0.29) is 6.61 Å². The minimum absolute atomic E-state index is 0.0962. The fourth-order valence-electron chi connectivity index (χ4n) is 1.68. The lowest BCUT2D eigenvalue weighted by molar-refractivity contribution is 0.0477. The Balaban J connectivity index is 2.09. The Kier molecular flexibility index (Phi) is 3.93. The largest absolute Gasteiger partial charge is 0.457 e. The molecule has 0 radical (unpaired) electrons. The van der Waals surface area contributed by atoms with Crippen LogP contribution in [0.1, 0.15) is 31.5 Å². The average molecular weight is 272 g/mol. The minimum atomic E-state index is -0.393. The Morgan fingerprint density at radius 2 is 2.16 bits per heavy atom. The fourth-order valence-corrected chi connectivity index (χ4v) is 2.50. The molecule has 4 nitrogen and oxygen atoms in total. The number of hydrogen-bond donors (Lipinski definition) is 0. The lowest BCUT2D eigenvalue weighted by Crippen LogP contribution is -2.05. The zero-order valence-corrected chi connectivity index (χ0v) is 11.5. The highest BCUT2D eigenvalue weighted by molar-refractivity contribution is 7.13. The van der Waals surface area contributed by atoms with Crippen LogP contribution in [0.15, 0.2) is 24.3 Å². The van der Waals surface area contributed by atoms with E-state index >= 15 is 0 Å². The van der Waals surface area contributed by atoms with Crippen LogP contribution in [0.25, 0.3) is 0 Å². The summed E-state index contributed by atoms with van der Waals surface area (Å²) in [5.41, 5.74) is 1.91. The first-order valence-electron chi connectivity index (χ1n) is 5.71. The first kappa shape index (κ1) is 13.2. The van der Waals surface area contributed by atoms with Crippen molar-refractivity contribution in [2.24, 2.45) is 0 Å². The van der Waals surface area contributed by atoms with Gasteiger partial charge in [0.15, 0.2) is 0 Å². The predicted molar refractivity (Wildman–Crippen MR) is 71.9 cm³/mol. The average Bonchev–Trinajstić information content (AvgIpc) is 2.75. The molecule has 0 atom stereocenters. The van der Waals surface area contributed by atoms with E-state index in [1.165, 1.54) is 11.3 Å². The van der Waals surface area contributed by atoms with E-state index in [0.717, 1.165) is 5.01 Å². The smallest absolute Gasteiger partial charge is 0.350 e. The van der Waals surface area contributed by atoms with E-state index in [9.17, 15) is 4.79 Å². The quantitative estimate of drug-likeness (QED) is 0.806. The van der Waals surface area contributed by atoms with E-state index in [1.807, 2.05) is 13.0 Å². The van der Waals surface area contributed by atoms with Gasteiger partial charge >= 0.3 is 5.97 Å². The summed E-state index contributed by atoms with van der Waals surface area (Å²) in [6.07, 6.45) is 0. The molecule has 19 heavy (non-hydrogen) atoms. The van der Waals surface area contributed by atoms with E-state index in [4.69, 9.17) is 10.00 Å². The highest BCUT2D eigenvalue weighted by Gasteiger charge is 2.15. The van der Waals surface area contributed by atoms with E-state index in [1.54, 1.807) is 25.1 Å². The Morgan fingerprint density at radius 1 is 1.42 bits per heavy atom. The molecule has 0 spiro atoms. The van der Waals surface area contributed by atoms with Gasteiger partial charge in [-0.1, -0.05) is 18.2 Å². The molecule has 0 bridgehead atoms. The van der Waals surface area contributed by atoms with Gasteiger partial charge in [-0.2, -0.15) is 5.26 Å². The Morgan fingerprint density at radius 3 is 2.79 bits per heavy atom. The van der Waals surface area contributed by atoms with Crippen LogP contribution in [0.5, 0.6) is 0 Å². The molecule has 0 fully saturated rings. The van der Waals surface area contributed by atoms with Crippen molar-refractivity contribution < 1.29 is 9.53 Å². The van der Waals surface area contributed by atoms with Crippen LogP contribution in [0.3, 0.4) is 0 Å². The SMILES string of the molecule is Cc1nc(C)c(C(=O)OCc2ccccc2C#N)s1. The number of hydrogen-bond acceptors (Lipinski definition) is 5. The van der Waals surface area contributed by atoms with Gasteiger partial charge in [0.2, 0.25) is 0 Å². The summed E-state index contributed by atoms with van der Waals surface area (Å²) in [4.78, 5) is 16.6. The molecule has 0 amide bonds. The van der Waals surface area contributed by atoms with Gasteiger partial charge in [-0.15, -0.1) is 11.3 Å². The summed E-state index contributed by atoms with van der Waals surface area (Å²) in [5, 5.41) is 9.78. The van der Waals surface area contributed by atoms with Crippen molar-refractivity contribution in [3.63, 3.8) is 0 Å². The molecule has 0 N–H and O–H groups in total. The normalized spacial score (nSPS) is 9.95. The topological polar surface area (TPSA) is 63.0 Å². The number of carbonyl (C=O) groups excluding carboxylic acids is 1. The summed E-state index contributed by atoms with van der Waals surface area (Å²) in [7, 11) is 0. The summed E-state index contributed by atoms with van der Waals surface area (Å²) < 4.78 is 5.23. The van der Waals surface area contributed by atoms with Crippen molar-refractivity contribution in [1.82, 2.24) is 4.98 Å². The highest BCUT2D eigenvalue weighted by Crippen LogP contribution is 2.19. The molecular weight excluding hydrogens is 260 g/mol. The van der Waals surface area contributed by atoms with Crippen LogP contribution < -0.4 is 0 Å². The Hall–Kier alpha value is -2.19. The molecule has 2 aromatic rings. The van der Waals surface area contributed by atoms with Crippen LogP contribution >= 0.6 is 11.3 Å². The van der Waals surface area contributed by atoms with E-state index in [0.29, 0.717) is 21.7 Å². The lowest BCUT2D eigenvalue weighted by atomic mass is 10.1. The molecule has 96 valence electrons. The van der Waals surface area contributed by atoms with Crippen LogP contribution in [-0.4, -0.2) is 11.0 Å². The number of nitriles is 1. The maximum absolute atomic E-state index is 11.9. The summed E-state index contributed by atoms with van der Waals surface area (Å²) >= 11 is 1.32. The van der Waals surface area contributed by atoms with Gasteiger partial charge in [0.1, 0.15) is 11.5 Å². The molecule has 1 aromatic heterocycles. The van der Waals surface area contributed by atoms with Gasteiger partial charge < -0.3 is 4.74 Å². The van der Waals surface area contributed by atoms with Crippen molar-refractivity contribution in [1.29, 1.82) is 5.26 Å². The lowest BCUT2D eigenvalue weighted by Gasteiger charge is -2.05. The van der Waals surface area contributed by atoms with Gasteiger partial charge in [0, 0.05) is 5.56 Å². The van der Waals surface area contributed by atoms with Crippen molar-refractivity contribution in [2.45, 2.75) is 20.5 Å². The zero-order chi connectivity index (χ0) is 13.8. The molecular formula is C14H12N2O2S. The number of aromatic nitrogens is 1. The fraction of sp³-hybridized carbons (Fsp3) is 0.214. The second kappa shape index (κ2) is 5.63. The predicted octanol–water partition coefficient (Wildman–Crippen LogP) is 2.99. The third kappa shape index (κ3) is 2.98. The number of benzene rings is 1. The summed E-state index contributed by atoms with van der Waals surface area (Å²) in [5.74, 6) is -0.393. The third-order valence-corrected chi connectivity index (χ3v) is 3.64. The van der Waals surface area contributed by atoms with Crippen LogP contribution in [0, 0.1) is 25.2 Å². The maximum Gasteiger partial charge on any atom is 0.350 e. The molecule has 1 heterocycles. The number of esters is 1. The van der Waals surface area contributed by atoms with Crippen LogP contribution in [-0.2, 0) is 11.3 Å². The number of aryl methyl sites for hydroxylation is 2. The van der Waals surface area contributed by atoms with Gasteiger partial charge in [-0.3, -0.25) is 0 Å². The zero-order valence-electron chi connectivity index (χ0n) is 10.6. The molecule has 2 rings (SSSR count). The molecule has 1 aromatic carbocycles. The number of nitrogens with zero attached hydrogens (tertiary/aromatic N) is 2. The third-order valence-electron chi connectivity index (χ3n) is 2.59. The van der Waals surface area contributed by atoms with Crippen LogP contribution in [0.4, 0.5) is 0 Å². The van der Waals surface area contributed by atoms with E-state index < -0.39 is 5.97 Å². The molecule has 0 unspecified atom stereocenters. The van der Waals surface area contributed by atoms with Gasteiger partial charge in [0.05, 0.1) is 22.3 Å². The minimum Gasteiger partial charge on any atom is -0.457 e. The first-order valence-corrected chi connectivity index (χ1v) is 6.52. The molecule has 5 heteroatoms. The number of ether oxygens (including phenoxy) is 1. The second-order valence-corrected chi connectivity index (χ2v) is 5.20. The van der Waals surface area contributed by atoms with Crippen molar-refractivity contribution >= 4 is 17.3 Å². The second-order valence-electron chi connectivity index (χ2n) is 3.99. The van der Waals surface area contributed by atoms with Crippen molar-refractivity contribution in [3.8, 4) is 6.07 Å². The molecule has 0 saturated carbocycles. The van der Waals surface area contributed by atoms with Crippen molar-refractivity contribution in [2.75, 3.05) is 0 Å². The molecule has 0 aliphatic rings. The number of carbonyl (C=O) groups is 1. The monoisotopic (exact) mass is 272 g/mol. The number of thiazole rings is 1. The summed E-state index contributed by atoms with van der Waals surface area (Å²) in [6.45, 7) is 3.72. The van der Waals surface area contributed by atoms with Crippen molar-refractivity contribution in [3.05, 3.63) is 51.0 Å². The Bertz CT molecular complexity index is 656. The van der Waals surface area contributed by atoms with E-state index in [2.05, 4.69) is 11.1 Å².